The molecule has 1 N–H and O–H groups in total. The second kappa shape index (κ2) is 10.2. The topological polar surface area (TPSA) is 58.1 Å². The Morgan fingerprint density at radius 1 is 1.21 bits per heavy atom. The maximum Gasteiger partial charge on any atom is 0.258 e. The second-order valence-corrected chi connectivity index (χ2v) is 7.40. The number of halogens is 2. The van der Waals surface area contributed by atoms with Crippen molar-refractivity contribution in [2.75, 3.05) is 18.4 Å². The van der Waals surface area contributed by atoms with Gasteiger partial charge in [0.25, 0.3) is 5.91 Å². The first-order valence-corrected chi connectivity index (χ1v) is 9.70. The highest BCUT2D eigenvalue weighted by molar-refractivity contribution is 6.03. The number of nitrogens with zero attached hydrogens (tertiary/aromatic N) is 3. The van der Waals surface area contributed by atoms with Crippen LogP contribution in [0, 0.1) is 5.92 Å². The van der Waals surface area contributed by atoms with E-state index in [4.69, 9.17) is 0 Å². The summed E-state index contributed by atoms with van der Waals surface area (Å²) in [5.41, 5.74) is 2.98. The molecule has 1 saturated heterocycles. The van der Waals surface area contributed by atoms with E-state index in [1.54, 1.807) is 12.1 Å². The Morgan fingerprint density at radius 3 is 2.75 bits per heavy atom. The number of rotatable bonds is 4. The summed E-state index contributed by atoms with van der Waals surface area (Å²) in [5.74, 6) is 0.929. The van der Waals surface area contributed by atoms with Gasteiger partial charge in [-0.3, -0.25) is 15.0 Å². The van der Waals surface area contributed by atoms with Gasteiger partial charge in [0.1, 0.15) is 0 Å². The van der Waals surface area contributed by atoms with Crippen LogP contribution in [-0.2, 0) is 12.8 Å². The lowest BCUT2D eigenvalue weighted by molar-refractivity contribution is 0.0845. The second-order valence-electron chi connectivity index (χ2n) is 7.40. The molecule has 2 atom stereocenters. The zero-order valence-electron chi connectivity index (χ0n) is 16.1. The third-order valence-electron chi connectivity index (χ3n) is 5.64. The van der Waals surface area contributed by atoms with Crippen molar-refractivity contribution in [3.05, 3.63) is 53.3 Å². The van der Waals surface area contributed by atoms with Crippen molar-refractivity contribution < 1.29 is 4.79 Å². The molecular formula is C21H28Cl2N4O. The zero-order chi connectivity index (χ0) is 17.9. The average Bonchev–Trinajstić information content (AvgIpc) is 2.67. The van der Waals surface area contributed by atoms with Crippen LogP contribution < -0.4 is 5.32 Å². The predicted octanol–water partition coefficient (Wildman–Crippen LogP) is 4.16. The molecule has 2 heterocycles. The molecule has 1 aromatic carbocycles. The van der Waals surface area contributed by atoms with Crippen molar-refractivity contribution in [2.45, 2.75) is 45.1 Å². The molecule has 1 aromatic heterocycles. The summed E-state index contributed by atoms with van der Waals surface area (Å²) in [4.78, 5) is 24.1. The van der Waals surface area contributed by atoms with E-state index in [9.17, 15) is 4.79 Å². The molecule has 5 nitrogen and oxygen atoms in total. The molecule has 0 saturated carbocycles. The van der Waals surface area contributed by atoms with Gasteiger partial charge in [-0.15, -0.1) is 24.8 Å². The number of carbonyl (C=O) groups is 1. The third kappa shape index (κ3) is 4.83. The quantitative estimate of drug-likeness (QED) is 0.803. The molecule has 0 bridgehead atoms. The Bertz CT molecular complexity index is 785. The normalized spacial score (nSPS) is 20.8. The summed E-state index contributed by atoms with van der Waals surface area (Å²) in [6.07, 6.45) is 7.71. The van der Waals surface area contributed by atoms with Crippen LogP contribution in [-0.4, -0.2) is 39.9 Å². The van der Waals surface area contributed by atoms with E-state index in [1.807, 2.05) is 24.4 Å². The van der Waals surface area contributed by atoms with Gasteiger partial charge in [-0.2, -0.15) is 0 Å². The van der Waals surface area contributed by atoms with Crippen molar-refractivity contribution >= 4 is 36.7 Å². The van der Waals surface area contributed by atoms with Gasteiger partial charge >= 0.3 is 0 Å². The van der Waals surface area contributed by atoms with Crippen LogP contribution in [0.4, 0.5) is 5.95 Å². The van der Waals surface area contributed by atoms with Gasteiger partial charge in [-0.05, 0) is 68.8 Å². The SMILES string of the molecule is CCCN1CCCC2Cc3nc(NC(=O)c4ccccc4)ncc3CC21.Cl.Cl. The van der Waals surface area contributed by atoms with E-state index < -0.39 is 0 Å². The molecule has 152 valence electrons. The van der Waals surface area contributed by atoms with Gasteiger partial charge in [0.05, 0.1) is 0 Å². The van der Waals surface area contributed by atoms with Crippen molar-refractivity contribution in [3.8, 4) is 0 Å². The van der Waals surface area contributed by atoms with Crippen LogP contribution in [0.2, 0.25) is 0 Å². The molecule has 2 unspecified atom stereocenters. The number of likely N-dealkylation sites (tertiary alicyclic amines) is 1. The van der Waals surface area contributed by atoms with Crippen LogP contribution in [0.5, 0.6) is 0 Å². The van der Waals surface area contributed by atoms with E-state index in [0.29, 0.717) is 23.5 Å². The summed E-state index contributed by atoms with van der Waals surface area (Å²) < 4.78 is 0. The van der Waals surface area contributed by atoms with Gasteiger partial charge in [0, 0.05) is 23.5 Å². The number of anilines is 1. The number of piperidine rings is 1. The minimum Gasteiger partial charge on any atom is -0.300 e. The molecule has 0 radical (unpaired) electrons. The zero-order valence-corrected chi connectivity index (χ0v) is 17.8. The van der Waals surface area contributed by atoms with Crippen molar-refractivity contribution in [3.63, 3.8) is 0 Å². The number of hydrogen-bond donors (Lipinski definition) is 1. The summed E-state index contributed by atoms with van der Waals surface area (Å²) in [5, 5.41) is 2.84. The van der Waals surface area contributed by atoms with Crippen LogP contribution >= 0.6 is 24.8 Å². The number of carbonyl (C=O) groups excluding carboxylic acids is 1. The number of fused-ring (bicyclic) bond motifs is 2. The molecule has 7 heteroatoms. The maximum absolute atomic E-state index is 12.3. The highest BCUT2D eigenvalue weighted by Crippen LogP contribution is 2.34. The monoisotopic (exact) mass is 422 g/mol. The fraction of sp³-hybridized carbons (Fsp3) is 0.476. The van der Waals surface area contributed by atoms with E-state index in [0.717, 1.165) is 18.5 Å². The van der Waals surface area contributed by atoms with Crippen molar-refractivity contribution in [1.82, 2.24) is 14.9 Å². The Labute approximate surface area is 179 Å². The fourth-order valence-corrected chi connectivity index (χ4v) is 4.40. The van der Waals surface area contributed by atoms with Gasteiger partial charge in [0.2, 0.25) is 5.95 Å². The van der Waals surface area contributed by atoms with Crippen molar-refractivity contribution in [1.29, 1.82) is 0 Å². The molecule has 0 spiro atoms. The Morgan fingerprint density at radius 2 is 2.00 bits per heavy atom. The minimum absolute atomic E-state index is 0. The third-order valence-corrected chi connectivity index (χ3v) is 5.64. The first-order valence-electron chi connectivity index (χ1n) is 9.70. The molecule has 1 fully saturated rings. The summed E-state index contributed by atoms with van der Waals surface area (Å²) in [7, 11) is 0. The van der Waals surface area contributed by atoms with Crippen LogP contribution in [0.15, 0.2) is 36.5 Å². The van der Waals surface area contributed by atoms with E-state index in [2.05, 4.69) is 27.1 Å². The summed E-state index contributed by atoms with van der Waals surface area (Å²) in [6.45, 7) is 4.66. The van der Waals surface area contributed by atoms with Gasteiger partial charge in [0.15, 0.2) is 0 Å². The molecule has 2 aromatic rings. The molecule has 1 aliphatic carbocycles. The molecule has 28 heavy (non-hydrogen) atoms. The molecular weight excluding hydrogens is 395 g/mol. The fourth-order valence-electron chi connectivity index (χ4n) is 4.40. The number of benzene rings is 1. The van der Waals surface area contributed by atoms with Crippen LogP contribution in [0.25, 0.3) is 0 Å². The highest BCUT2D eigenvalue weighted by Gasteiger charge is 2.35. The van der Waals surface area contributed by atoms with Gasteiger partial charge in [-0.1, -0.05) is 25.1 Å². The molecule has 2 aliphatic rings. The Hall–Kier alpha value is -1.69. The van der Waals surface area contributed by atoms with Crippen LogP contribution in [0.1, 0.15) is 47.8 Å². The van der Waals surface area contributed by atoms with Gasteiger partial charge < -0.3 is 0 Å². The number of nitrogens with one attached hydrogen (secondary N) is 1. The molecule has 1 amide bonds. The first kappa shape index (κ1) is 22.6. The minimum atomic E-state index is -0.161. The van der Waals surface area contributed by atoms with E-state index in [-0.39, 0.29) is 30.7 Å². The number of amides is 1. The Kier molecular flexibility index (Phi) is 8.23. The standard InChI is InChI=1S/C21H26N4O.2ClH/c1-2-10-25-11-6-9-16-12-18-17(13-19(16)25)14-22-21(23-18)24-20(26)15-7-4-3-5-8-15;;/h3-5,7-8,14,16,19H,2,6,9-13H2,1H3,(H,22,23,24,26);2*1H. The number of aromatic nitrogens is 2. The maximum atomic E-state index is 12.3. The van der Waals surface area contributed by atoms with Crippen molar-refractivity contribution in [2.24, 2.45) is 5.92 Å². The molecule has 1 aliphatic heterocycles. The first-order chi connectivity index (χ1) is 12.7. The summed E-state index contributed by atoms with van der Waals surface area (Å²) >= 11 is 0. The average molecular weight is 423 g/mol. The summed E-state index contributed by atoms with van der Waals surface area (Å²) in [6, 6.07) is 9.83. The van der Waals surface area contributed by atoms with E-state index in [1.165, 1.54) is 37.9 Å². The van der Waals surface area contributed by atoms with Gasteiger partial charge in [-0.25, -0.2) is 9.97 Å². The largest absolute Gasteiger partial charge is 0.300 e. The highest BCUT2D eigenvalue weighted by atomic mass is 35.5. The van der Waals surface area contributed by atoms with E-state index >= 15 is 0 Å². The number of hydrogen-bond acceptors (Lipinski definition) is 4. The Balaban J connectivity index is 0.00000140. The smallest absolute Gasteiger partial charge is 0.258 e. The van der Waals surface area contributed by atoms with Crippen LogP contribution in [0.3, 0.4) is 0 Å². The molecule has 4 rings (SSSR count). The lowest BCUT2D eigenvalue weighted by Crippen LogP contribution is -2.49. The predicted molar refractivity (Wildman–Crippen MR) is 117 cm³/mol. The lowest BCUT2D eigenvalue weighted by atomic mass is 9.77. The lowest BCUT2D eigenvalue weighted by Gasteiger charge is -2.44.